The summed E-state index contributed by atoms with van der Waals surface area (Å²) in [6.45, 7) is 0. The van der Waals surface area contributed by atoms with E-state index in [1.807, 2.05) is 12.1 Å². The third-order valence-corrected chi connectivity index (χ3v) is 5.07. The Morgan fingerprint density at radius 1 is 1.14 bits per heavy atom. The predicted octanol–water partition coefficient (Wildman–Crippen LogP) is 3.10. The van der Waals surface area contributed by atoms with Crippen molar-refractivity contribution in [3.05, 3.63) is 46.6 Å². The van der Waals surface area contributed by atoms with Crippen LogP contribution in [0.1, 0.15) is 58.8 Å². The zero-order chi connectivity index (χ0) is 15.1. The van der Waals surface area contributed by atoms with Crippen LogP contribution in [0.15, 0.2) is 24.3 Å². The van der Waals surface area contributed by atoms with E-state index in [-0.39, 0.29) is 11.8 Å². The van der Waals surface area contributed by atoms with Gasteiger partial charge in [0.05, 0.1) is 11.6 Å². The maximum Gasteiger partial charge on any atom is 0.256 e. The average Bonchev–Trinajstić information content (AvgIpc) is 2.91. The van der Waals surface area contributed by atoms with E-state index < -0.39 is 0 Å². The molecule has 114 valence electrons. The second-order valence-electron chi connectivity index (χ2n) is 6.41. The first-order chi connectivity index (χ1) is 10.8. The van der Waals surface area contributed by atoms with Crippen molar-refractivity contribution in [3.8, 4) is 0 Å². The zero-order valence-corrected chi connectivity index (χ0v) is 12.7. The van der Waals surface area contributed by atoms with Gasteiger partial charge in [0.1, 0.15) is 5.82 Å². The minimum absolute atomic E-state index is 0.0408. The molecule has 1 aromatic carbocycles. The van der Waals surface area contributed by atoms with Crippen molar-refractivity contribution in [2.24, 2.45) is 0 Å². The van der Waals surface area contributed by atoms with Crippen LogP contribution in [0.2, 0.25) is 0 Å². The van der Waals surface area contributed by atoms with Gasteiger partial charge in [0.25, 0.3) is 5.91 Å². The molecule has 2 aromatic rings. The van der Waals surface area contributed by atoms with Crippen LogP contribution in [-0.4, -0.2) is 15.7 Å². The van der Waals surface area contributed by atoms with E-state index >= 15 is 0 Å². The van der Waals surface area contributed by atoms with Gasteiger partial charge in [0, 0.05) is 5.56 Å². The summed E-state index contributed by atoms with van der Waals surface area (Å²) in [6.07, 6.45) is 7.18. The Kier molecular flexibility index (Phi) is 3.25. The van der Waals surface area contributed by atoms with Gasteiger partial charge in [0.2, 0.25) is 0 Å². The van der Waals surface area contributed by atoms with Crippen molar-refractivity contribution < 1.29 is 4.79 Å². The van der Waals surface area contributed by atoms with Crippen LogP contribution in [0.5, 0.6) is 0 Å². The maximum atomic E-state index is 13.0. The molecule has 1 atom stereocenters. The van der Waals surface area contributed by atoms with Crippen molar-refractivity contribution >= 4 is 11.7 Å². The minimum Gasteiger partial charge on any atom is -0.383 e. The fraction of sp³-hybridized carbons (Fsp3) is 0.444. The van der Waals surface area contributed by atoms with E-state index in [0.717, 1.165) is 61.8 Å². The van der Waals surface area contributed by atoms with Crippen molar-refractivity contribution in [2.75, 3.05) is 5.73 Å². The molecule has 1 aromatic heterocycles. The van der Waals surface area contributed by atoms with E-state index in [1.54, 1.807) is 0 Å². The van der Waals surface area contributed by atoms with Gasteiger partial charge in [-0.1, -0.05) is 24.3 Å². The molecular formula is C18H21N3O. The van der Waals surface area contributed by atoms with Gasteiger partial charge in [0.15, 0.2) is 0 Å². The standard InChI is InChI=1S/C18H21N3O/c19-17-15-9-3-4-11-16(15)20-21(17)18(22)14-10-5-7-12-6-1-2-8-13(12)14/h1-2,6,8,14H,3-5,7,9-11,19H2/t14-/m0/s1. The van der Waals surface area contributed by atoms with Crippen molar-refractivity contribution in [3.63, 3.8) is 0 Å². The second-order valence-corrected chi connectivity index (χ2v) is 6.41. The SMILES string of the molecule is Nc1c2c(nn1C(=O)[C@H]1CCCc3ccccc31)CCCC2. The summed E-state index contributed by atoms with van der Waals surface area (Å²) in [7, 11) is 0. The topological polar surface area (TPSA) is 60.9 Å². The highest BCUT2D eigenvalue weighted by atomic mass is 16.2. The molecule has 2 aliphatic rings. The van der Waals surface area contributed by atoms with Gasteiger partial charge in [-0.25, -0.2) is 0 Å². The highest BCUT2D eigenvalue weighted by Crippen LogP contribution is 2.34. The van der Waals surface area contributed by atoms with Gasteiger partial charge >= 0.3 is 0 Å². The summed E-state index contributed by atoms with van der Waals surface area (Å²) >= 11 is 0. The van der Waals surface area contributed by atoms with Gasteiger partial charge in [-0.3, -0.25) is 4.79 Å². The van der Waals surface area contributed by atoms with E-state index in [9.17, 15) is 4.79 Å². The molecule has 4 heteroatoms. The number of aryl methyl sites for hydroxylation is 2. The van der Waals surface area contributed by atoms with Gasteiger partial charge in [-0.05, 0) is 56.1 Å². The second kappa shape index (κ2) is 5.27. The number of nitrogens with two attached hydrogens (primary N) is 1. The quantitative estimate of drug-likeness (QED) is 0.879. The highest BCUT2D eigenvalue weighted by molar-refractivity contribution is 5.88. The van der Waals surface area contributed by atoms with Gasteiger partial charge in [-0.15, -0.1) is 0 Å². The molecule has 0 aliphatic heterocycles. The third kappa shape index (κ3) is 2.05. The molecule has 1 heterocycles. The molecule has 0 fully saturated rings. The number of rotatable bonds is 1. The van der Waals surface area contributed by atoms with Crippen LogP contribution in [0.25, 0.3) is 0 Å². The first kappa shape index (κ1) is 13.6. The Bertz CT molecular complexity index is 732. The fourth-order valence-electron chi connectivity index (χ4n) is 3.90. The molecule has 4 rings (SSSR count). The zero-order valence-electron chi connectivity index (χ0n) is 12.7. The van der Waals surface area contributed by atoms with Crippen molar-refractivity contribution in [1.29, 1.82) is 0 Å². The molecule has 2 N–H and O–H groups in total. The van der Waals surface area contributed by atoms with Crippen molar-refractivity contribution in [1.82, 2.24) is 9.78 Å². The lowest BCUT2D eigenvalue weighted by Crippen LogP contribution is -2.26. The molecule has 0 saturated carbocycles. The van der Waals surface area contributed by atoms with Crippen LogP contribution >= 0.6 is 0 Å². The molecule has 0 spiro atoms. The smallest absolute Gasteiger partial charge is 0.256 e. The van der Waals surface area contributed by atoms with E-state index in [0.29, 0.717) is 5.82 Å². The molecule has 22 heavy (non-hydrogen) atoms. The molecule has 0 amide bonds. The Morgan fingerprint density at radius 2 is 1.95 bits per heavy atom. The summed E-state index contributed by atoms with van der Waals surface area (Å²) < 4.78 is 1.49. The number of hydrogen-bond acceptors (Lipinski definition) is 3. The van der Waals surface area contributed by atoms with Gasteiger partial charge < -0.3 is 5.73 Å². The van der Waals surface area contributed by atoms with Crippen LogP contribution in [-0.2, 0) is 19.3 Å². The predicted molar refractivity (Wildman–Crippen MR) is 86.0 cm³/mol. The molecule has 4 nitrogen and oxygen atoms in total. The summed E-state index contributed by atoms with van der Waals surface area (Å²) in [5.74, 6) is 0.510. The first-order valence-electron chi connectivity index (χ1n) is 8.24. The molecule has 0 bridgehead atoms. The van der Waals surface area contributed by atoms with Gasteiger partial charge in [-0.2, -0.15) is 9.78 Å². The van der Waals surface area contributed by atoms with E-state index in [1.165, 1.54) is 10.2 Å². The lowest BCUT2D eigenvalue weighted by atomic mass is 9.82. The summed E-state index contributed by atoms with van der Waals surface area (Å²) in [6, 6.07) is 8.28. The Balaban J connectivity index is 1.73. The van der Waals surface area contributed by atoms with Crippen LogP contribution in [0.3, 0.4) is 0 Å². The fourth-order valence-corrected chi connectivity index (χ4v) is 3.90. The van der Waals surface area contributed by atoms with Crippen LogP contribution in [0.4, 0.5) is 5.82 Å². The monoisotopic (exact) mass is 295 g/mol. The Hall–Kier alpha value is -2.10. The lowest BCUT2D eigenvalue weighted by molar-refractivity contribution is 0.0854. The Morgan fingerprint density at radius 3 is 2.82 bits per heavy atom. The minimum atomic E-state index is -0.103. The summed E-state index contributed by atoms with van der Waals surface area (Å²) in [4.78, 5) is 13.0. The van der Waals surface area contributed by atoms with Crippen LogP contribution in [0, 0.1) is 0 Å². The first-order valence-corrected chi connectivity index (χ1v) is 8.24. The number of carbonyl (C=O) groups is 1. The molecule has 0 saturated heterocycles. The number of aromatic nitrogens is 2. The molecule has 2 aliphatic carbocycles. The molecule has 0 unspecified atom stereocenters. The summed E-state index contributed by atoms with van der Waals surface area (Å²) in [5.41, 5.74) is 10.8. The normalized spacial score (nSPS) is 20.3. The number of hydrogen-bond donors (Lipinski definition) is 1. The highest BCUT2D eigenvalue weighted by Gasteiger charge is 2.30. The number of nitrogen functional groups attached to an aromatic ring is 1. The lowest BCUT2D eigenvalue weighted by Gasteiger charge is -2.24. The average molecular weight is 295 g/mol. The third-order valence-electron chi connectivity index (χ3n) is 5.07. The van der Waals surface area contributed by atoms with Crippen LogP contribution < -0.4 is 5.73 Å². The molecular weight excluding hydrogens is 274 g/mol. The Labute approximate surface area is 130 Å². The summed E-state index contributed by atoms with van der Waals surface area (Å²) in [5, 5.41) is 4.54. The number of benzene rings is 1. The number of fused-ring (bicyclic) bond motifs is 2. The van der Waals surface area contributed by atoms with E-state index in [4.69, 9.17) is 5.73 Å². The molecule has 0 radical (unpaired) electrons. The number of carbonyl (C=O) groups excluding carboxylic acids is 1. The van der Waals surface area contributed by atoms with E-state index in [2.05, 4.69) is 17.2 Å². The largest absolute Gasteiger partial charge is 0.383 e. The van der Waals surface area contributed by atoms with Crippen molar-refractivity contribution in [2.45, 2.75) is 50.9 Å². The number of anilines is 1. The number of nitrogens with zero attached hydrogens (tertiary/aromatic N) is 2. The maximum absolute atomic E-state index is 13.0.